The number of aliphatic hydroxyl groups is 1. The predicted octanol–water partition coefficient (Wildman–Crippen LogP) is 1.71. The van der Waals surface area contributed by atoms with Crippen LogP contribution in [0.4, 0.5) is 0 Å². The lowest BCUT2D eigenvalue weighted by Crippen LogP contribution is -2.38. The van der Waals surface area contributed by atoms with Crippen molar-refractivity contribution >= 4 is 11.0 Å². The van der Waals surface area contributed by atoms with E-state index in [1.165, 1.54) is 12.8 Å². The van der Waals surface area contributed by atoms with Gasteiger partial charge in [-0.1, -0.05) is 19.1 Å². The van der Waals surface area contributed by atoms with E-state index in [9.17, 15) is 5.11 Å². The Hall–Kier alpha value is -1.39. The van der Waals surface area contributed by atoms with Crippen molar-refractivity contribution in [1.29, 1.82) is 0 Å². The molecule has 1 aromatic heterocycles. The number of nitrogens with one attached hydrogen (secondary N) is 1. The van der Waals surface area contributed by atoms with Crippen LogP contribution < -0.4 is 5.32 Å². The first kappa shape index (κ1) is 12.6. The summed E-state index contributed by atoms with van der Waals surface area (Å²) in [5, 5.41) is 13.0. The summed E-state index contributed by atoms with van der Waals surface area (Å²) in [5.74, 6) is 1.09. The van der Waals surface area contributed by atoms with Crippen LogP contribution in [0.3, 0.4) is 0 Å². The van der Waals surface area contributed by atoms with E-state index in [-0.39, 0.29) is 12.6 Å². The summed E-state index contributed by atoms with van der Waals surface area (Å²) in [6, 6.07) is 8.94. The second-order valence-electron chi connectivity index (χ2n) is 5.30. The van der Waals surface area contributed by atoms with Crippen LogP contribution in [0.2, 0.25) is 0 Å². The molecule has 1 aliphatic carbocycles. The van der Waals surface area contributed by atoms with Gasteiger partial charge in [-0.25, -0.2) is 4.98 Å². The second kappa shape index (κ2) is 5.31. The Labute approximate surface area is 113 Å². The zero-order valence-electron chi connectivity index (χ0n) is 11.3. The third-order valence-electron chi connectivity index (χ3n) is 3.72. The largest absolute Gasteiger partial charge is 0.395 e. The molecule has 0 aliphatic heterocycles. The van der Waals surface area contributed by atoms with Crippen molar-refractivity contribution in [3.63, 3.8) is 0 Å². The molecule has 19 heavy (non-hydrogen) atoms. The van der Waals surface area contributed by atoms with E-state index in [0.29, 0.717) is 6.04 Å². The number of aliphatic hydroxyl groups excluding tert-OH is 1. The molecule has 0 spiro atoms. The number of hydrogen-bond donors (Lipinski definition) is 2. The van der Waals surface area contributed by atoms with Gasteiger partial charge in [0.05, 0.1) is 17.6 Å². The molecular formula is C15H21N3O. The summed E-state index contributed by atoms with van der Waals surface area (Å²) in [5.41, 5.74) is 2.21. The van der Waals surface area contributed by atoms with Crippen LogP contribution in [-0.2, 0) is 13.0 Å². The average molecular weight is 259 g/mol. The Morgan fingerprint density at radius 2 is 2.21 bits per heavy atom. The minimum absolute atomic E-state index is 0.121. The van der Waals surface area contributed by atoms with Gasteiger partial charge in [0, 0.05) is 25.0 Å². The van der Waals surface area contributed by atoms with Gasteiger partial charge in [0.2, 0.25) is 0 Å². The van der Waals surface area contributed by atoms with Crippen LogP contribution in [0.5, 0.6) is 0 Å². The molecule has 1 atom stereocenters. The molecule has 1 heterocycles. The van der Waals surface area contributed by atoms with Crippen LogP contribution in [0, 0.1) is 0 Å². The molecule has 2 aromatic rings. The van der Waals surface area contributed by atoms with E-state index in [1.807, 2.05) is 18.2 Å². The van der Waals surface area contributed by atoms with Crippen LogP contribution in [0.25, 0.3) is 11.0 Å². The summed E-state index contributed by atoms with van der Waals surface area (Å²) in [7, 11) is 0. The lowest BCUT2D eigenvalue weighted by molar-refractivity contribution is 0.228. The number of nitrogens with zero attached hydrogens (tertiary/aromatic N) is 2. The van der Waals surface area contributed by atoms with Crippen LogP contribution in [-0.4, -0.2) is 33.3 Å². The smallest absolute Gasteiger partial charge is 0.109 e. The zero-order chi connectivity index (χ0) is 13.2. The van der Waals surface area contributed by atoms with Crippen LogP contribution in [0.15, 0.2) is 24.3 Å². The van der Waals surface area contributed by atoms with Crippen molar-refractivity contribution in [3.8, 4) is 0 Å². The molecule has 1 saturated carbocycles. The fourth-order valence-electron chi connectivity index (χ4n) is 2.57. The van der Waals surface area contributed by atoms with Crippen LogP contribution >= 0.6 is 0 Å². The van der Waals surface area contributed by atoms with Gasteiger partial charge in [0.1, 0.15) is 5.82 Å². The van der Waals surface area contributed by atoms with E-state index in [2.05, 4.69) is 27.9 Å². The Morgan fingerprint density at radius 3 is 2.89 bits per heavy atom. The normalized spacial score (nSPS) is 16.9. The molecule has 1 aromatic carbocycles. The van der Waals surface area contributed by atoms with Gasteiger partial charge in [0.25, 0.3) is 0 Å². The number of rotatable bonds is 6. The van der Waals surface area contributed by atoms with Gasteiger partial charge in [-0.2, -0.15) is 0 Å². The third kappa shape index (κ3) is 2.65. The number of aromatic nitrogens is 2. The van der Waals surface area contributed by atoms with E-state index in [4.69, 9.17) is 0 Å². The topological polar surface area (TPSA) is 50.1 Å². The van der Waals surface area contributed by atoms with E-state index in [0.717, 1.165) is 29.8 Å². The summed E-state index contributed by atoms with van der Waals surface area (Å²) in [6.45, 7) is 3.09. The molecule has 0 amide bonds. The zero-order valence-corrected chi connectivity index (χ0v) is 11.3. The number of benzene rings is 1. The van der Waals surface area contributed by atoms with Gasteiger partial charge in [-0.15, -0.1) is 0 Å². The quantitative estimate of drug-likeness (QED) is 0.830. The molecule has 1 fully saturated rings. The minimum atomic E-state index is 0.121. The summed E-state index contributed by atoms with van der Waals surface area (Å²) >= 11 is 0. The van der Waals surface area contributed by atoms with Gasteiger partial charge >= 0.3 is 0 Å². The van der Waals surface area contributed by atoms with Gasteiger partial charge in [0.15, 0.2) is 0 Å². The molecule has 102 valence electrons. The Balaban J connectivity index is 1.88. The maximum Gasteiger partial charge on any atom is 0.109 e. The highest BCUT2D eigenvalue weighted by Gasteiger charge is 2.25. The van der Waals surface area contributed by atoms with E-state index in [1.54, 1.807) is 0 Å². The van der Waals surface area contributed by atoms with Gasteiger partial charge in [-0.3, -0.25) is 0 Å². The lowest BCUT2D eigenvalue weighted by Gasteiger charge is -2.18. The summed E-state index contributed by atoms with van der Waals surface area (Å²) in [6.07, 6.45) is 3.39. The van der Waals surface area contributed by atoms with Crippen molar-refractivity contribution in [3.05, 3.63) is 30.1 Å². The molecule has 1 aliphatic rings. The standard InChI is InChI=1S/C15H21N3O/c1-2-15-17-13-5-3-4-6-14(13)18(15)9-12(10-19)16-11-7-8-11/h3-6,11-12,16,19H,2,7-10H2,1H3. The molecule has 4 heteroatoms. The molecule has 0 bridgehead atoms. The van der Waals surface area contributed by atoms with Gasteiger partial charge < -0.3 is 15.0 Å². The first-order chi connectivity index (χ1) is 9.31. The van der Waals surface area contributed by atoms with E-state index >= 15 is 0 Å². The lowest BCUT2D eigenvalue weighted by atomic mass is 10.2. The predicted molar refractivity (Wildman–Crippen MR) is 76.1 cm³/mol. The second-order valence-corrected chi connectivity index (χ2v) is 5.30. The van der Waals surface area contributed by atoms with Crippen molar-refractivity contribution < 1.29 is 5.11 Å². The number of aryl methyl sites for hydroxylation is 1. The number of para-hydroxylation sites is 2. The Kier molecular flexibility index (Phi) is 3.53. The van der Waals surface area contributed by atoms with Crippen molar-refractivity contribution in [2.75, 3.05) is 6.61 Å². The summed E-state index contributed by atoms with van der Waals surface area (Å²) < 4.78 is 2.24. The highest BCUT2D eigenvalue weighted by Crippen LogP contribution is 2.21. The first-order valence-corrected chi connectivity index (χ1v) is 7.13. The highest BCUT2D eigenvalue weighted by atomic mass is 16.3. The van der Waals surface area contributed by atoms with Crippen molar-refractivity contribution in [1.82, 2.24) is 14.9 Å². The number of imidazole rings is 1. The highest BCUT2D eigenvalue weighted by molar-refractivity contribution is 5.75. The Bertz CT molecular complexity index is 560. The maximum absolute atomic E-state index is 9.54. The minimum Gasteiger partial charge on any atom is -0.395 e. The fourth-order valence-corrected chi connectivity index (χ4v) is 2.57. The SMILES string of the molecule is CCc1nc2ccccc2n1CC(CO)NC1CC1. The molecule has 4 nitrogen and oxygen atoms in total. The monoisotopic (exact) mass is 259 g/mol. The maximum atomic E-state index is 9.54. The molecule has 0 saturated heterocycles. The first-order valence-electron chi connectivity index (χ1n) is 7.13. The number of fused-ring (bicyclic) bond motifs is 1. The Morgan fingerprint density at radius 1 is 1.42 bits per heavy atom. The fraction of sp³-hybridized carbons (Fsp3) is 0.533. The van der Waals surface area contributed by atoms with Crippen molar-refractivity contribution in [2.45, 2.75) is 44.8 Å². The third-order valence-corrected chi connectivity index (χ3v) is 3.72. The molecule has 1 unspecified atom stereocenters. The van der Waals surface area contributed by atoms with Gasteiger partial charge in [-0.05, 0) is 25.0 Å². The molecule has 3 rings (SSSR count). The molecular weight excluding hydrogens is 238 g/mol. The molecule has 2 N–H and O–H groups in total. The van der Waals surface area contributed by atoms with Crippen molar-refractivity contribution in [2.24, 2.45) is 0 Å². The van der Waals surface area contributed by atoms with Crippen LogP contribution in [0.1, 0.15) is 25.6 Å². The number of hydrogen-bond acceptors (Lipinski definition) is 3. The molecule has 0 radical (unpaired) electrons. The van der Waals surface area contributed by atoms with E-state index < -0.39 is 0 Å². The average Bonchev–Trinajstić information content (AvgIpc) is 3.19. The summed E-state index contributed by atoms with van der Waals surface area (Å²) in [4.78, 5) is 4.67.